The SMILES string of the molecule is CCCS(=O)(=O)NCc1nc(-c2ccccc2C)no1. The number of sulfonamides is 1. The summed E-state index contributed by atoms with van der Waals surface area (Å²) in [5.74, 6) is 0.807. The van der Waals surface area contributed by atoms with Crippen molar-refractivity contribution in [1.82, 2.24) is 14.9 Å². The molecule has 1 aromatic heterocycles. The summed E-state index contributed by atoms with van der Waals surface area (Å²) in [6.07, 6.45) is 0.563. The Morgan fingerprint density at radius 1 is 1.30 bits per heavy atom. The Morgan fingerprint density at radius 3 is 2.75 bits per heavy atom. The summed E-state index contributed by atoms with van der Waals surface area (Å²) in [7, 11) is -3.27. The molecular formula is C13H17N3O3S. The number of aromatic nitrogens is 2. The van der Waals surface area contributed by atoms with Crippen molar-refractivity contribution < 1.29 is 12.9 Å². The molecule has 0 aliphatic carbocycles. The Kier molecular flexibility index (Phi) is 4.51. The van der Waals surface area contributed by atoms with Crippen LogP contribution < -0.4 is 4.72 Å². The molecular weight excluding hydrogens is 278 g/mol. The van der Waals surface area contributed by atoms with E-state index < -0.39 is 10.0 Å². The molecule has 20 heavy (non-hydrogen) atoms. The second-order valence-corrected chi connectivity index (χ2v) is 6.39. The molecule has 0 aliphatic rings. The van der Waals surface area contributed by atoms with Crippen molar-refractivity contribution in [3.05, 3.63) is 35.7 Å². The molecule has 0 unspecified atom stereocenters. The summed E-state index contributed by atoms with van der Waals surface area (Å²) >= 11 is 0. The Labute approximate surface area is 118 Å². The maximum absolute atomic E-state index is 11.5. The van der Waals surface area contributed by atoms with Crippen LogP contribution in [0, 0.1) is 6.92 Å². The van der Waals surface area contributed by atoms with Crippen molar-refractivity contribution in [1.29, 1.82) is 0 Å². The van der Waals surface area contributed by atoms with E-state index in [-0.39, 0.29) is 18.2 Å². The van der Waals surface area contributed by atoms with E-state index in [1.54, 1.807) is 0 Å². The van der Waals surface area contributed by atoms with Gasteiger partial charge in [0.2, 0.25) is 21.7 Å². The molecule has 0 atom stereocenters. The number of nitrogens with one attached hydrogen (secondary N) is 1. The van der Waals surface area contributed by atoms with Gasteiger partial charge in [0.25, 0.3) is 0 Å². The van der Waals surface area contributed by atoms with Crippen LogP contribution in [0.2, 0.25) is 0 Å². The van der Waals surface area contributed by atoms with Gasteiger partial charge in [-0.25, -0.2) is 13.1 Å². The lowest BCUT2D eigenvalue weighted by atomic mass is 10.1. The van der Waals surface area contributed by atoms with Gasteiger partial charge in [0.05, 0.1) is 12.3 Å². The summed E-state index contributed by atoms with van der Waals surface area (Å²) in [6, 6.07) is 7.67. The molecule has 0 spiro atoms. The Hall–Kier alpha value is -1.73. The molecule has 6 nitrogen and oxygen atoms in total. The number of aryl methyl sites for hydroxylation is 1. The smallest absolute Gasteiger partial charge is 0.242 e. The van der Waals surface area contributed by atoms with Crippen molar-refractivity contribution in [3.8, 4) is 11.4 Å². The van der Waals surface area contributed by atoms with Crippen LogP contribution in [-0.2, 0) is 16.6 Å². The molecule has 2 rings (SSSR count). The predicted octanol–water partition coefficient (Wildman–Crippen LogP) is 1.87. The fraction of sp³-hybridized carbons (Fsp3) is 0.385. The first-order valence-electron chi connectivity index (χ1n) is 6.38. The van der Waals surface area contributed by atoms with Gasteiger partial charge >= 0.3 is 0 Å². The minimum absolute atomic E-state index is 0.0151. The van der Waals surface area contributed by atoms with Gasteiger partial charge < -0.3 is 4.52 Å². The molecule has 0 fully saturated rings. The van der Waals surface area contributed by atoms with Crippen LogP contribution in [0.15, 0.2) is 28.8 Å². The topological polar surface area (TPSA) is 85.1 Å². The van der Waals surface area contributed by atoms with E-state index in [4.69, 9.17) is 4.52 Å². The second-order valence-electron chi connectivity index (χ2n) is 4.47. The fourth-order valence-corrected chi connectivity index (χ4v) is 2.80. The van der Waals surface area contributed by atoms with Crippen LogP contribution in [0.4, 0.5) is 0 Å². The standard InChI is InChI=1S/C13H17N3O3S/c1-3-8-20(17,18)14-9-12-15-13(16-19-12)11-7-5-4-6-10(11)2/h4-7,14H,3,8-9H2,1-2H3. The summed E-state index contributed by atoms with van der Waals surface area (Å²) in [6.45, 7) is 3.78. The first kappa shape index (κ1) is 14.7. The number of rotatable bonds is 6. The maximum atomic E-state index is 11.5. The summed E-state index contributed by atoms with van der Waals surface area (Å²) in [5, 5.41) is 3.87. The van der Waals surface area contributed by atoms with E-state index in [9.17, 15) is 8.42 Å². The molecule has 2 aromatic rings. The molecule has 0 aliphatic heterocycles. The zero-order chi connectivity index (χ0) is 14.6. The first-order valence-corrected chi connectivity index (χ1v) is 8.03. The lowest BCUT2D eigenvalue weighted by Crippen LogP contribution is -2.25. The Morgan fingerprint density at radius 2 is 2.05 bits per heavy atom. The van der Waals surface area contributed by atoms with Crippen molar-refractivity contribution in [2.45, 2.75) is 26.8 Å². The molecule has 0 radical (unpaired) electrons. The van der Waals surface area contributed by atoms with Crippen LogP contribution in [0.3, 0.4) is 0 Å². The van der Waals surface area contributed by atoms with Gasteiger partial charge in [-0.1, -0.05) is 36.3 Å². The van der Waals surface area contributed by atoms with Gasteiger partial charge in [-0.05, 0) is 18.9 Å². The lowest BCUT2D eigenvalue weighted by Gasteiger charge is -2.01. The van der Waals surface area contributed by atoms with Crippen LogP contribution in [-0.4, -0.2) is 24.3 Å². The molecule has 7 heteroatoms. The molecule has 0 amide bonds. The largest absolute Gasteiger partial charge is 0.338 e. The van der Waals surface area contributed by atoms with Crippen LogP contribution in [0.25, 0.3) is 11.4 Å². The maximum Gasteiger partial charge on any atom is 0.242 e. The molecule has 1 N–H and O–H groups in total. The zero-order valence-corrected chi connectivity index (χ0v) is 12.3. The lowest BCUT2D eigenvalue weighted by molar-refractivity contribution is 0.376. The molecule has 0 bridgehead atoms. The molecule has 108 valence electrons. The number of hydrogen-bond acceptors (Lipinski definition) is 5. The molecule has 1 heterocycles. The number of hydrogen-bond donors (Lipinski definition) is 1. The van der Waals surface area contributed by atoms with E-state index >= 15 is 0 Å². The third-order valence-corrected chi connectivity index (χ3v) is 4.30. The van der Waals surface area contributed by atoms with Crippen molar-refractivity contribution >= 4 is 10.0 Å². The quantitative estimate of drug-likeness (QED) is 0.879. The van der Waals surface area contributed by atoms with Gasteiger partial charge in [0.15, 0.2) is 0 Å². The van der Waals surface area contributed by atoms with Crippen molar-refractivity contribution in [2.75, 3.05) is 5.75 Å². The normalized spacial score (nSPS) is 11.7. The Bertz CT molecular complexity index is 680. The molecule has 1 aromatic carbocycles. The third kappa shape index (κ3) is 3.64. The van der Waals surface area contributed by atoms with Gasteiger partial charge in [-0.3, -0.25) is 0 Å². The van der Waals surface area contributed by atoms with Crippen LogP contribution >= 0.6 is 0 Å². The fourth-order valence-electron chi connectivity index (χ4n) is 1.77. The summed E-state index contributed by atoms with van der Waals surface area (Å²) in [5.41, 5.74) is 1.91. The average molecular weight is 295 g/mol. The number of nitrogens with zero attached hydrogens (tertiary/aromatic N) is 2. The second kappa shape index (κ2) is 6.15. The predicted molar refractivity (Wildman–Crippen MR) is 75.4 cm³/mol. The minimum atomic E-state index is -3.27. The molecule has 0 saturated carbocycles. The monoisotopic (exact) mass is 295 g/mol. The van der Waals surface area contributed by atoms with Crippen LogP contribution in [0.5, 0.6) is 0 Å². The van der Waals surface area contributed by atoms with E-state index in [2.05, 4.69) is 14.9 Å². The highest BCUT2D eigenvalue weighted by Crippen LogP contribution is 2.19. The average Bonchev–Trinajstić information content (AvgIpc) is 2.86. The summed E-state index contributed by atoms with van der Waals surface area (Å²) in [4.78, 5) is 4.20. The van der Waals surface area contributed by atoms with Gasteiger partial charge in [0.1, 0.15) is 0 Å². The van der Waals surface area contributed by atoms with Crippen molar-refractivity contribution in [2.24, 2.45) is 0 Å². The minimum Gasteiger partial charge on any atom is -0.338 e. The van der Waals surface area contributed by atoms with Gasteiger partial charge in [0, 0.05) is 5.56 Å². The van der Waals surface area contributed by atoms with Gasteiger partial charge in [-0.15, -0.1) is 0 Å². The Balaban J connectivity index is 2.09. The number of benzene rings is 1. The highest BCUT2D eigenvalue weighted by molar-refractivity contribution is 7.89. The van der Waals surface area contributed by atoms with E-state index in [1.807, 2.05) is 38.1 Å². The van der Waals surface area contributed by atoms with Gasteiger partial charge in [-0.2, -0.15) is 4.98 Å². The molecule has 0 saturated heterocycles. The highest BCUT2D eigenvalue weighted by Gasteiger charge is 2.13. The highest BCUT2D eigenvalue weighted by atomic mass is 32.2. The summed E-state index contributed by atoms with van der Waals surface area (Å²) < 4.78 is 30.6. The zero-order valence-electron chi connectivity index (χ0n) is 11.5. The van der Waals surface area contributed by atoms with E-state index in [0.717, 1.165) is 11.1 Å². The van der Waals surface area contributed by atoms with E-state index in [0.29, 0.717) is 12.2 Å². The van der Waals surface area contributed by atoms with E-state index in [1.165, 1.54) is 0 Å². The first-order chi connectivity index (χ1) is 9.52. The third-order valence-electron chi connectivity index (χ3n) is 2.77. The van der Waals surface area contributed by atoms with Crippen molar-refractivity contribution in [3.63, 3.8) is 0 Å². The van der Waals surface area contributed by atoms with Crippen LogP contribution in [0.1, 0.15) is 24.8 Å².